The molecule has 6 nitrogen and oxygen atoms in total. The van der Waals surface area contributed by atoms with Gasteiger partial charge in [0.25, 0.3) is 0 Å². The number of carbonyl (C=O) groups excluding carboxylic acids is 1. The van der Waals surface area contributed by atoms with E-state index in [4.69, 9.17) is 11.6 Å². The summed E-state index contributed by atoms with van der Waals surface area (Å²) in [6.45, 7) is 7.49. The minimum absolute atomic E-state index is 0.0824. The van der Waals surface area contributed by atoms with Gasteiger partial charge in [-0.25, -0.2) is 8.42 Å². The van der Waals surface area contributed by atoms with E-state index in [0.717, 1.165) is 0 Å². The molecule has 0 aliphatic carbocycles. The molecule has 1 N–H and O–H groups in total. The first-order valence-electron chi connectivity index (χ1n) is 7.74. The first kappa shape index (κ1) is 18.9. The third-order valence-corrected chi connectivity index (χ3v) is 6.18. The molecule has 0 spiro atoms. The zero-order valence-electron chi connectivity index (χ0n) is 13.6. The van der Waals surface area contributed by atoms with E-state index in [2.05, 4.69) is 11.9 Å². The van der Waals surface area contributed by atoms with Crippen LogP contribution in [0.25, 0.3) is 0 Å². The fourth-order valence-corrected chi connectivity index (χ4v) is 4.32. The molecule has 1 heterocycles. The molecule has 0 saturated carbocycles. The molecular weight excluding hydrogens is 350 g/mol. The van der Waals surface area contributed by atoms with Gasteiger partial charge in [-0.3, -0.25) is 9.69 Å². The number of piperazine rings is 1. The second-order valence-corrected chi connectivity index (χ2v) is 7.98. The minimum Gasteiger partial charge on any atom is -0.351 e. The van der Waals surface area contributed by atoms with Crippen LogP contribution in [0.1, 0.15) is 6.92 Å². The first-order chi connectivity index (χ1) is 11.4. The summed E-state index contributed by atoms with van der Waals surface area (Å²) in [7, 11) is -3.56. The van der Waals surface area contributed by atoms with E-state index in [1.165, 1.54) is 10.4 Å². The van der Waals surface area contributed by atoms with E-state index < -0.39 is 10.0 Å². The first-order valence-corrected chi connectivity index (χ1v) is 9.56. The van der Waals surface area contributed by atoms with Crippen molar-refractivity contribution in [3.05, 3.63) is 41.9 Å². The molecule has 1 aliphatic rings. The maximum Gasteiger partial charge on any atom is 0.243 e. The highest BCUT2D eigenvalue weighted by Crippen LogP contribution is 2.21. The monoisotopic (exact) mass is 371 g/mol. The fraction of sp³-hybridized carbons (Fsp3) is 0.438. The second-order valence-electron chi connectivity index (χ2n) is 5.61. The molecule has 0 unspecified atom stereocenters. The van der Waals surface area contributed by atoms with Crippen molar-refractivity contribution in [3.63, 3.8) is 0 Å². The molecule has 0 aromatic heterocycles. The zero-order valence-corrected chi connectivity index (χ0v) is 15.2. The number of rotatable bonds is 6. The maximum atomic E-state index is 12.6. The molecule has 1 amide bonds. The predicted octanol–water partition coefficient (Wildman–Crippen LogP) is 1.34. The van der Waals surface area contributed by atoms with Gasteiger partial charge in [0.1, 0.15) is 0 Å². The maximum absolute atomic E-state index is 12.6. The van der Waals surface area contributed by atoms with Crippen LogP contribution in [-0.2, 0) is 14.8 Å². The highest BCUT2D eigenvalue weighted by atomic mass is 35.5. The Morgan fingerprint density at radius 3 is 2.62 bits per heavy atom. The largest absolute Gasteiger partial charge is 0.351 e. The summed E-state index contributed by atoms with van der Waals surface area (Å²) >= 11 is 5.89. The lowest BCUT2D eigenvalue weighted by molar-refractivity contribution is -0.126. The van der Waals surface area contributed by atoms with Crippen molar-refractivity contribution in [3.8, 4) is 0 Å². The van der Waals surface area contributed by atoms with Gasteiger partial charge in [0, 0.05) is 37.7 Å². The van der Waals surface area contributed by atoms with Gasteiger partial charge in [-0.2, -0.15) is 4.31 Å². The second kappa shape index (κ2) is 8.11. The van der Waals surface area contributed by atoms with Crippen molar-refractivity contribution in [1.82, 2.24) is 14.5 Å². The van der Waals surface area contributed by atoms with Crippen LogP contribution in [0.15, 0.2) is 41.8 Å². The number of halogens is 1. The molecule has 1 aromatic rings. The number of hydrogen-bond donors (Lipinski definition) is 1. The van der Waals surface area contributed by atoms with Crippen LogP contribution < -0.4 is 5.32 Å². The molecule has 1 aliphatic heterocycles. The van der Waals surface area contributed by atoms with Crippen LogP contribution in [0.3, 0.4) is 0 Å². The highest BCUT2D eigenvalue weighted by Gasteiger charge is 2.31. The minimum atomic E-state index is -3.56. The summed E-state index contributed by atoms with van der Waals surface area (Å²) in [5.74, 6) is -0.0824. The average Bonchev–Trinajstić information content (AvgIpc) is 2.59. The Kier molecular flexibility index (Phi) is 6.40. The van der Waals surface area contributed by atoms with Crippen molar-refractivity contribution in [2.45, 2.75) is 17.9 Å². The Morgan fingerprint density at radius 2 is 2.04 bits per heavy atom. The summed E-state index contributed by atoms with van der Waals surface area (Å²) in [4.78, 5) is 14.2. The predicted molar refractivity (Wildman–Crippen MR) is 94.5 cm³/mol. The van der Waals surface area contributed by atoms with E-state index in [-0.39, 0.29) is 16.8 Å². The summed E-state index contributed by atoms with van der Waals surface area (Å²) in [6, 6.07) is 5.95. The van der Waals surface area contributed by atoms with Crippen LogP contribution >= 0.6 is 11.6 Å². The molecule has 24 heavy (non-hydrogen) atoms. The normalized spacial score (nSPS) is 18.1. The lowest BCUT2D eigenvalue weighted by atomic mass is 10.2. The lowest BCUT2D eigenvalue weighted by Gasteiger charge is -2.36. The zero-order chi connectivity index (χ0) is 17.7. The smallest absolute Gasteiger partial charge is 0.243 e. The highest BCUT2D eigenvalue weighted by molar-refractivity contribution is 7.89. The molecule has 2 rings (SSSR count). The summed E-state index contributed by atoms with van der Waals surface area (Å²) < 4.78 is 26.7. The molecule has 132 valence electrons. The van der Waals surface area contributed by atoms with Crippen LogP contribution in [0, 0.1) is 0 Å². The Bertz CT molecular complexity index is 700. The summed E-state index contributed by atoms with van der Waals surface area (Å²) in [5.41, 5.74) is 0. The molecule has 1 saturated heterocycles. The quantitative estimate of drug-likeness (QED) is 0.766. The topological polar surface area (TPSA) is 69.7 Å². The van der Waals surface area contributed by atoms with Gasteiger partial charge in [-0.1, -0.05) is 23.7 Å². The number of carbonyl (C=O) groups is 1. The molecule has 1 atom stereocenters. The van der Waals surface area contributed by atoms with Crippen LogP contribution in [0.2, 0.25) is 5.02 Å². The number of benzene rings is 1. The molecule has 8 heteroatoms. The van der Waals surface area contributed by atoms with Crippen LogP contribution in [0.5, 0.6) is 0 Å². The summed E-state index contributed by atoms with van der Waals surface area (Å²) in [5, 5.41) is 3.15. The Hall–Kier alpha value is -1.41. The van der Waals surface area contributed by atoms with E-state index in [9.17, 15) is 13.2 Å². The number of amides is 1. The van der Waals surface area contributed by atoms with E-state index in [1.54, 1.807) is 24.3 Å². The van der Waals surface area contributed by atoms with Crippen LogP contribution in [-0.4, -0.2) is 62.3 Å². The Labute approximate surface area is 148 Å². The molecule has 1 fully saturated rings. The number of nitrogens with one attached hydrogen (secondary N) is 1. The third-order valence-electron chi connectivity index (χ3n) is 4.05. The van der Waals surface area contributed by atoms with Crippen molar-refractivity contribution in [2.75, 3.05) is 32.7 Å². The Morgan fingerprint density at radius 1 is 1.38 bits per heavy atom. The van der Waals surface area contributed by atoms with Gasteiger partial charge in [-0.15, -0.1) is 6.58 Å². The SMILES string of the molecule is C=CCNC(=O)[C@@H](C)N1CCN(S(=O)(=O)c2cccc(Cl)c2)CC1. The number of sulfonamides is 1. The Balaban J connectivity index is 1.99. The standard InChI is InChI=1S/C16H22ClN3O3S/c1-3-7-18-16(21)13(2)19-8-10-20(11-9-19)24(22,23)15-6-4-5-14(17)12-15/h3-6,12-13H,1,7-11H2,2H3,(H,18,21)/t13-/m1/s1. The van der Waals surface area contributed by atoms with Gasteiger partial charge in [0.2, 0.25) is 15.9 Å². The summed E-state index contributed by atoms with van der Waals surface area (Å²) in [6.07, 6.45) is 1.63. The van der Waals surface area contributed by atoms with Crippen molar-refractivity contribution < 1.29 is 13.2 Å². The molecular formula is C16H22ClN3O3S. The number of hydrogen-bond acceptors (Lipinski definition) is 4. The molecule has 0 radical (unpaired) electrons. The van der Waals surface area contributed by atoms with Gasteiger partial charge < -0.3 is 5.32 Å². The van der Waals surface area contributed by atoms with Gasteiger partial charge >= 0.3 is 0 Å². The van der Waals surface area contributed by atoms with Gasteiger partial charge in [0.05, 0.1) is 10.9 Å². The number of nitrogens with zero attached hydrogens (tertiary/aromatic N) is 2. The molecule has 1 aromatic carbocycles. The van der Waals surface area contributed by atoms with Gasteiger partial charge in [-0.05, 0) is 25.1 Å². The molecule has 0 bridgehead atoms. The van der Waals surface area contributed by atoms with Crippen molar-refractivity contribution in [2.24, 2.45) is 0 Å². The van der Waals surface area contributed by atoms with Crippen molar-refractivity contribution in [1.29, 1.82) is 0 Å². The lowest BCUT2D eigenvalue weighted by Crippen LogP contribution is -2.54. The average molecular weight is 372 g/mol. The third kappa shape index (κ3) is 4.36. The van der Waals surface area contributed by atoms with E-state index in [0.29, 0.717) is 37.7 Å². The fourth-order valence-electron chi connectivity index (χ4n) is 2.59. The van der Waals surface area contributed by atoms with Crippen molar-refractivity contribution >= 4 is 27.5 Å². The van der Waals surface area contributed by atoms with Crippen LogP contribution in [0.4, 0.5) is 0 Å². The van der Waals surface area contributed by atoms with Gasteiger partial charge in [0.15, 0.2) is 0 Å². The van der Waals surface area contributed by atoms with E-state index >= 15 is 0 Å². The van der Waals surface area contributed by atoms with E-state index in [1.807, 2.05) is 11.8 Å².